The molecule has 1 saturated carbocycles. The van der Waals surface area contributed by atoms with Crippen LogP contribution < -0.4 is 0 Å². The van der Waals surface area contributed by atoms with Crippen molar-refractivity contribution in [3.63, 3.8) is 0 Å². The fraction of sp³-hybridized carbons (Fsp3) is 0.214. The molecule has 1 aromatic carbocycles. The first-order valence-electron chi connectivity index (χ1n) is 5.87. The van der Waals surface area contributed by atoms with Gasteiger partial charge in [-0.1, -0.05) is 0 Å². The number of aromatic carboxylic acids is 1. The maximum absolute atomic E-state index is 12.8. The Morgan fingerprint density at radius 1 is 1.28 bits per heavy atom. The van der Waals surface area contributed by atoms with Gasteiger partial charge in [0.25, 0.3) is 0 Å². The summed E-state index contributed by atoms with van der Waals surface area (Å²) in [6.45, 7) is 0. The topological polar surface area (TPSA) is 53.1 Å². The monoisotopic (exact) mass is 245 g/mol. The predicted octanol–water partition coefficient (Wildman–Crippen LogP) is 3.40. The second-order valence-electron chi connectivity index (χ2n) is 4.60. The summed E-state index contributed by atoms with van der Waals surface area (Å²) in [5, 5.41) is 9.17. The van der Waals surface area contributed by atoms with Gasteiger partial charge in [-0.2, -0.15) is 0 Å². The summed E-state index contributed by atoms with van der Waals surface area (Å²) in [7, 11) is 0. The molecule has 1 aliphatic rings. The molecule has 0 aliphatic heterocycles. The minimum atomic E-state index is -0.915. The van der Waals surface area contributed by atoms with E-state index in [-0.39, 0.29) is 5.82 Å². The molecule has 0 atom stereocenters. The number of aromatic nitrogens is 1. The molecule has 0 amide bonds. The van der Waals surface area contributed by atoms with E-state index in [4.69, 9.17) is 5.11 Å². The summed E-state index contributed by atoms with van der Waals surface area (Å²) in [6.07, 6.45) is 2.06. The van der Waals surface area contributed by atoms with Crippen molar-refractivity contribution in [2.24, 2.45) is 0 Å². The van der Waals surface area contributed by atoms with Gasteiger partial charge in [-0.25, -0.2) is 9.18 Å². The summed E-state index contributed by atoms with van der Waals surface area (Å²) in [4.78, 5) is 14.3. The number of carboxylic acid groups (broad SMARTS) is 1. The van der Waals surface area contributed by atoms with E-state index in [2.05, 4.69) is 4.98 Å². The van der Waals surface area contributed by atoms with Gasteiger partial charge in [0.1, 0.15) is 5.82 Å². The molecule has 92 valence electrons. The lowest BCUT2D eigenvalue weighted by Gasteiger charge is -1.98. The molecule has 3 nitrogen and oxygen atoms in total. The number of H-pyrrole nitrogens is 1. The summed E-state index contributed by atoms with van der Waals surface area (Å²) >= 11 is 0. The van der Waals surface area contributed by atoms with Crippen molar-refractivity contribution in [1.82, 2.24) is 4.98 Å². The van der Waals surface area contributed by atoms with Crippen LogP contribution in [-0.4, -0.2) is 16.1 Å². The van der Waals surface area contributed by atoms with Crippen molar-refractivity contribution >= 4 is 5.97 Å². The van der Waals surface area contributed by atoms with Gasteiger partial charge < -0.3 is 10.1 Å². The summed E-state index contributed by atoms with van der Waals surface area (Å²) in [6, 6.07) is 7.65. The van der Waals surface area contributed by atoms with Crippen LogP contribution >= 0.6 is 0 Å². The van der Waals surface area contributed by atoms with Gasteiger partial charge in [-0.05, 0) is 54.7 Å². The Balaban J connectivity index is 2.04. The Kier molecular flexibility index (Phi) is 2.44. The quantitative estimate of drug-likeness (QED) is 0.870. The van der Waals surface area contributed by atoms with Crippen LogP contribution in [0.4, 0.5) is 4.39 Å². The molecular formula is C14H12FNO2. The summed E-state index contributed by atoms with van der Waals surface area (Å²) in [5.41, 5.74) is 2.65. The SMILES string of the molecule is O=C(O)c1cc(-c2ccc(F)cc2)[nH]c1C1CC1. The summed E-state index contributed by atoms with van der Waals surface area (Å²) in [5.74, 6) is -0.877. The Bertz CT molecular complexity index is 597. The Morgan fingerprint density at radius 2 is 1.94 bits per heavy atom. The number of carbonyl (C=O) groups is 1. The van der Waals surface area contributed by atoms with Crippen molar-refractivity contribution in [3.05, 3.63) is 47.4 Å². The van der Waals surface area contributed by atoms with Gasteiger partial charge in [0.15, 0.2) is 0 Å². The highest BCUT2D eigenvalue weighted by Gasteiger charge is 2.30. The third-order valence-corrected chi connectivity index (χ3v) is 3.22. The number of benzene rings is 1. The molecular weight excluding hydrogens is 233 g/mol. The van der Waals surface area contributed by atoms with Crippen molar-refractivity contribution < 1.29 is 14.3 Å². The fourth-order valence-electron chi connectivity index (χ4n) is 2.13. The van der Waals surface area contributed by atoms with Gasteiger partial charge in [0.05, 0.1) is 5.56 Å². The lowest BCUT2D eigenvalue weighted by molar-refractivity contribution is 0.0696. The third kappa shape index (κ3) is 1.90. The molecule has 1 heterocycles. The first-order valence-corrected chi connectivity index (χ1v) is 5.87. The van der Waals surface area contributed by atoms with Crippen molar-refractivity contribution in [1.29, 1.82) is 0 Å². The molecule has 3 rings (SSSR count). The normalized spacial score (nSPS) is 14.7. The van der Waals surface area contributed by atoms with Gasteiger partial charge in [-0.15, -0.1) is 0 Å². The number of halogens is 1. The number of carboxylic acids is 1. The van der Waals surface area contributed by atoms with Crippen molar-refractivity contribution in [2.45, 2.75) is 18.8 Å². The number of hydrogen-bond acceptors (Lipinski definition) is 1. The Hall–Kier alpha value is -2.10. The predicted molar refractivity (Wildman–Crippen MR) is 65.1 cm³/mol. The van der Waals surface area contributed by atoms with E-state index < -0.39 is 5.97 Å². The number of rotatable bonds is 3. The Morgan fingerprint density at radius 3 is 2.50 bits per heavy atom. The molecule has 0 saturated heterocycles. The zero-order chi connectivity index (χ0) is 12.7. The number of aromatic amines is 1. The molecule has 1 aliphatic carbocycles. The molecule has 0 unspecified atom stereocenters. The van der Waals surface area contributed by atoms with E-state index in [1.54, 1.807) is 18.2 Å². The molecule has 1 fully saturated rings. The van der Waals surface area contributed by atoms with E-state index in [0.717, 1.165) is 29.8 Å². The van der Waals surface area contributed by atoms with Crippen LogP contribution in [0.25, 0.3) is 11.3 Å². The van der Waals surface area contributed by atoms with Crippen LogP contribution in [0, 0.1) is 5.82 Å². The highest BCUT2D eigenvalue weighted by Crippen LogP contribution is 2.42. The lowest BCUT2D eigenvalue weighted by atomic mass is 10.1. The molecule has 0 bridgehead atoms. The average Bonchev–Trinajstić information content (AvgIpc) is 3.09. The molecule has 18 heavy (non-hydrogen) atoms. The van der Waals surface area contributed by atoms with E-state index in [1.807, 2.05) is 0 Å². The van der Waals surface area contributed by atoms with Crippen LogP contribution in [0.5, 0.6) is 0 Å². The second-order valence-corrected chi connectivity index (χ2v) is 4.60. The fourth-order valence-corrected chi connectivity index (χ4v) is 2.13. The largest absolute Gasteiger partial charge is 0.478 e. The zero-order valence-electron chi connectivity index (χ0n) is 9.61. The van der Waals surface area contributed by atoms with Crippen LogP contribution in [0.2, 0.25) is 0 Å². The number of nitrogens with one attached hydrogen (secondary N) is 1. The van der Waals surface area contributed by atoms with E-state index >= 15 is 0 Å². The van der Waals surface area contributed by atoms with Crippen LogP contribution in [-0.2, 0) is 0 Å². The van der Waals surface area contributed by atoms with Gasteiger partial charge in [0.2, 0.25) is 0 Å². The molecule has 2 N–H and O–H groups in total. The lowest BCUT2D eigenvalue weighted by Crippen LogP contribution is -1.98. The highest BCUT2D eigenvalue weighted by molar-refractivity contribution is 5.91. The molecule has 0 spiro atoms. The molecule has 2 aromatic rings. The van der Waals surface area contributed by atoms with Crippen molar-refractivity contribution in [3.8, 4) is 11.3 Å². The smallest absolute Gasteiger partial charge is 0.337 e. The van der Waals surface area contributed by atoms with E-state index in [1.165, 1.54) is 12.1 Å². The van der Waals surface area contributed by atoms with Crippen LogP contribution in [0.15, 0.2) is 30.3 Å². The number of hydrogen-bond donors (Lipinski definition) is 2. The first kappa shape index (κ1) is 11.0. The van der Waals surface area contributed by atoms with Gasteiger partial charge >= 0.3 is 5.97 Å². The van der Waals surface area contributed by atoms with Crippen molar-refractivity contribution in [2.75, 3.05) is 0 Å². The third-order valence-electron chi connectivity index (χ3n) is 3.22. The van der Waals surface area contributed by atoms with E-state index in [0.29, 0.717) is 11.5 Å². The zero-order valence-corrected chi connectivity index (χ0v) is 9.61. The second kappa shape index (κ2) is 3.98. The average molecular weight is 245 g/mol. The summed E-state index contributed by atoms with van der Waals surface area (Å²) < 4.78 is 12.8. The van der Waals surface area contributed by atoms with Crippen LogP contribution in [0.1, 0.15) is 34.8 Å². The highest BCUT2D eigenvalue weighted by atomic mass is 19.1. The molecule has 1 aromatic heterocycles. The maximum atomic E-state index is 12.8. The molecule has 0 radical (unpaired) electrons. The first-order chi connectivity index (χ1) is 8.65. The standard InChI is InChI=1S/C14H12FNO2/c15-10-5-3-8(4-6-10)12-7-11(14(17)18)13(16-12)9-1-2-9/h3-7,9,16H,1-2H2,(H,17,18). The molecule has 4 heteroatoms. The van der Waals surface area contributed by atoms with Crippen LogP contribution in [0.3, 0.4) is 0 Å². The van der Waals surface area contributed by atoms with E-state index in [9.17, 15) is 9.18 Å². The minimum Gasteiger partial charge on any atom is -0.478 e. The minimum absolute atomic E-state index is 0.300. The van der Waals surface area contributed by atoms with Gasteiger partial charge in [0, 0.05) is 11.4 Å². The Labute approximate surface area is 103 Å². The maximum Gasteiger partial charge on any atom is 0.337 e. The van der Waals surface area contributed by atoms with Gasteiger partial charge in [-0.3, -0.25) is 0 Å².